The summed E-state index contributed by atoms with van der Waals surface area (Å²) in [6, 6.07) is 4.32. The normalized spacial score (nSPS) is 11.7. The molecular formula is C9H4F3N2S2-. The second-order valence-electron chi connectivity index (χ2n) is 2.90. The van der Waals surface area contributed by atoms with Crippen LogP contribution in [0.4, 0.5) is 13.2 Å². The van der Waals surface area contributed by atoms with Crippen molar-refractivity contribution in [1.82, 2.24) is 9.97 Å². The first-order valence-electron chi connectivity index (χ1n) is 4.14. The van der Waals surface area contributed by atoms with Gasteiger partial charge in [-0.05, 0) is 17.5 Å². The summed E-state index contributed by atoms with van der Waals surface area (Å²) < 4.78 is 37.4. The SMILES string of the molecule is FC(F)(F)c1cc(-c2cccs2)nc([S-])n1. The van der Waals surface area contributed by atoms with Crippen molar-refractivity contribution in [2.75, 3.05) is 0 Å². The maximum atomic E-state index is 12.5. The van der Waals surface area contributed by atoms with E-state index in [4.69, 9.17) is 0 Å². The molecule has 2 rings (SSSR count). The zero-order valence-electron chi connectivity index (χ0n) is 7.65. The van der Waals surface area contributed by atoms with Gasteiger partial charge >= 0.3 is 6.18 Å². The van der Waals surface area contributed by atoms with Crippen molar-refractivity contribution >= 4 is 24.0 Å². The molecule has 0 fully saturated rings. The fourth-order valence-electron chi connectivity index (χ4n) is 1.12. The van der Waals surface area contributed by atoms with Gasteiger partial charge in [-0.1, -0.05) is 6.07 Å². The lowest BCUT2D eigenvalue weighted by Crippen LogP contribution is -2.09. The van der Waals surface area contributed by atoms with Gasteiger partial charge in [0.05, 0.1) is 10.6 Å². The van der Waals surface area contributed by atoms with Crippen molar-refractivity contribution < 1.29 is 13.2 Å². The van der Waals surface area contributed by atoms with Crippen LogP contribution in [0.2, 0.25) is 0 Å². The molecule has 7 heteroatoms. The fraction of sp³-hybridized carbons (Fsp3) is 0.111. The number of rotatable bonds is 1. The number of nitrogens with zero attached hydrogens (tertiary/aromatic N) is 2. The third-order valence-electron chi connectivity index (χ3n) is 1.77. The van der Waals surface area contributed by atoms with E-state index in [2.05, 4.69) is 22.6 Å². The van der Waals surface area contributed by atoms with Crippen LogP contribution < -0.4 is 0 Å². The Morgan fingerprint density at radius 1 is 1.25 bits per heavy atom. The van der Waals surface area contributed by atoms with E-state index in [1.807, 2.05) is 0 Å². The Morgan fingerprint density at radius 3 is 2.56 bits per heavy atom. The smallest absolute Gasteiger partial charge is 0.433 e. The summed E-state index contributed by atoms with van der Waals surface area (Å²) in [5.41, 5.74) is -0.793. The van der Waals surface area contributed by atoms with Crippen molar-refractivity contribution in [1.29, 1.82) is 0 Å². The van der Waals surface area contributed by atoms with Gasteiger partial charge in [-0.3, -0.25) is 9.97 Å². The van der Waals surface area contributed by atoms with Gasteiger partial charge in [0, 0.05) is 5.16 Å². The third kappa shape index (κ3) is 2.30. The van der Waals surface area contributed by atoms with Gasteiger partial charge in [0.2, 0.25) is 0 Å². The van der Waals surface area contributed by atoms with Crippen LogP contribution in [0, 0.1) is 0 Å². The van der Waals surface area contributed by atoms with E-state index >= 15 is 0 Å². The zero-order valence-corrected chi connectivity index (χ0v) is 9.29. The molecule has 2 nitrogen and oxygen atoms in total. The molecule has 0 spiro atoms. The predicted octanol–water partition coefficient (Wildman–Crippen LogP) is 3.13. The van der Waals surface area contributed by atoms with Crippen molar-refractivity contribution in [3.63, 3.8) is 0 Å². The maximum absolute atomic E-state index is 12.5. The average Bonchev–Trinajstić information content (AvgIpc) is 2.68. The zero-order chi connectivity index (χ0) is 11.8. The molecule has 2 heterocycles. The Kier molecular flexibility index (Phi) is 2.81. The van der Waals surface area contributed by atoms with E-state index < -0.39 is 11.9 Å². The van der Waals surface area contributed by atoms with Crippen molar-refractivity contribution in [2.24, 2.45) is 0 Å². The highest BCUT2D eigenvalue weighted by Gasteiger charge is 2.32. The molecule has 0 aliphatic carbocycles. The van der Waals surface area contributed by atoms with Crippen LogP contribution in [-0.2, 0) is 18.8 Å². The lowest BCUT2D eigenvalue weighted by molar-refractivity contribution is -0.141. The monoisotopic (exact) mass is 261 g/mol. The topological polar surface area (TPSA) is 25.8 Å². The van der Waals surface area contributed by atoms with Crippen LogP contribution in [0.1, 0.15) is 5.69 Å². The van der Waals surface area contributed by atoms with Crippen LogP contribution >= 0.6 is 11.3 Å². The Hall–Kier alpha value is -1.21. The van der Waals surface area contributed by atoms with E-state index in [1.165, 1.54) is 11.3 Å². The summed E-state index contributed by atoms with van der Waals surface area (Å²) in [7, 11) is 0. The molecule has 2 aromatic rings. The number of halogens is 3. The first kappa shape index (κ1) is 11.3. The van der Waals surface area contributed by atoms with Crippen molar-refractivity contribution in [3.8, 4) is 10.6 Å². The van der Waals surface area contributed by atoms with Gasteiger partial charge in [-0.2, -0.15) is 13.2 Å². The summed E-state index contributed by atoms with van der Waals surface area (Å²) >= 11 is 5.91. The van der Waals surface area contributed by atoms with Crippen LogP contribution in [0.3, 0.4) is 0 Å². The predicted molar refractivity (Wildman–Crippen MR) is 56.0 cm³/mol. The molecule has 0 aliphatic heterocycles. The van der Waals surface area contributed by atoms with Gasteiger partial charge in [0.1, 0.15) is 5.69 Å². The maximum Gasteiger partial charge on any atom is 0.433 e. The quantitative estimate of drug-likeness (QED) is 0.582. The lowest BCUT2D eigenvalue weighted by atomic mass is 10.3. The van der Waals surface area contributed by atoms with E-state index in [-0.39, 0.29) is 10.9 Å². The summed E-state index contributed by atoms with van der Waals surface area (Å²) in [5.74, 6) is 0. The van der Waals surface area contributed by atoms with Crippen molar-refractivity contribution in [2.45, 2.75) is 11.3 Å². The van der Waals surface area contributed by atoms with Gasteiger partial charge in [0.25, 0.3) is 0 Å². The summed E-state index contributed by atoms with van der Waals surface area (Å²) in [5, 5.41) is 1.46. The second kappa shape index (κ2) is 3.99. The molecule has 0 saturated carbocycles. The summed E-state index contributed by atoms with van der Waals surface area (Å²) in [6.45, 7) is 0. The molecule has 2 aromatic heterocycles. The Balaban J connectivity index is 2.53. The highest BCUT2D eigenvalue weighted by Crippen LogP contribution is 2.31. The van der Waals surface area contributed by atoms with E-state index in [0.29, 0.717) is 4.88 Å². The summed E-state index contributed by atoms with van der Waals surface area (Å²) in [6.07, 6.45) is -4.50. The second-order valence-corrected chi connectivity index (χ2v) is 4.21. The van der Waals surface area contributed by atoms with Gasteiger partial charge in [0.15, 0.2) is 0 Å². The highest BCUT2D eigenvalue weighted by molar-refractivity contribution is 7.58. The van der Waals surface area contributed by atoms with Crippen LogP contribution in [0.25, 0.3) is 10.6 Å². The first-order chi connectivity index (χ1) is 7.47. The number of alkyl halides is 3. The first-order valence-corrected chi connectivity index (χ1v) is 5.43. The molecule has 0 atom stereocenters. The lowest BCUT2D eigenvalue weighted by Gasteiger charge is -2.11. The van der Waals surface area contributed by atoms with Gasteiger partial charge < -0.3 is 12.6 Å². The minimum atomic E-state index is -4.50. The van der Waals surface area contributed by atoms with E-state index in [1.54, 1.807) is 17.5 Å². The van der Waals surface area contributed by atoms with Crippen molar-refractivity contribution in [3.05, 3.63) is 29.3 Å². The van der Waals surface area contributed by atoms with Crippen LogP contribution in [-0.4, -0.2) is 9.97 Å². The van der Waals surface area contributed by atoms with E-state index in [9.17, 15) is 13.2 Å². The molecule has 0 bridgehead atoms. The minimum absolute atomic E-state index is 0.210. The number of hydrogen-bond donors (Lipinski definition) is 0. The Bertz CT molecular complexity index is 494. The molecule has 16 heavy (non-hydrogen) atoms. The number of thiophene rings is 1. The molecule has 0 N–H and O–H groups in total. The fourth-order valence-corrected chi connectivity index (χ4v) is 2.00. The number of aromatic nitrogens is 2. The number of hydrogen-bond acceptors (Lipinski definition) is 4. The molecular weight excluding hydrogens is 257 g/mol. The largest absolute Gasteiger partial charge is 0.740 e. The van der Waals surface area contributed by atoms with Gasteiger partial charge in [-0.25, -0.2) is 0 Å². The molecule has 0 unspecified atom stereocenters. The summed E-state index contributed by atoms with van der Waals surface area (Å²) in [4.78, 5) is 7.64. The average molecular weight is 261 g/mol. The molecule has 84 valence electrons. The molecule has 0 aliphatic rings. The molecule has 0 radical (unpaired) electrons. The molecule has 0 saturated heterocycles. The third-order valence-corrected chi connectivity index (χ3v) is 2.84. The Morgan fingerprint density at radius 2 is 2.00 bits per heavy atom. The Labute approximate surface area is 98.6 Å². The van der Waals surface area contributed by atoms with E-state index in [0.717, 1.165) is 6.07 Å². The standard InChI is InChI=1S/C9H5F3N2S2/c10-9(11,12)7-4-5(13-8(15)14-7)6-2-1-3-16-6/h1-4H,(H,13,14,15)/p-1. The molecule has 0 aromatic carbocycles. The molecule has 0 amide bonds. The highest BCUT2D eigenvalue weighted by atomic mass is 32.1. The van der Waals surface area contributed by atoms with Gasteiger partial charge in [-0.15, -0.1) is 11.3 Å². The minimum Gasteiger partial charge on any atom is -0.740 e. The van der Waals surface area contributed by atoms with Crippen LogP contribution in [0.15, 0.2) is 28.7 Å². The van der Waals surface area contributed by atoms with Crippen LogP contribution in [0.5, 0.6) is 0 Å².